The maximum atomic E-state index is 12.9. The first-order valence-corrected chi connectivity index (χ1v) is 10.7. The minimum Gasteiger partial charge on any atom is -0.463 e. The highest BCUT2D eigenvalue weighted by molar-refractivity contribution is 9.10. The van der Waals surface area contributed by atoms with Gasteiger partial charge in [-0.25, -0.2) is 4.79 Å². The molecule has 2 heterocycles. The summed E-state index contributed by atoms with van der Waals surface area (Å²) in [5, 5.41) is 6.69. The Balaban J connectivity index is 1.80. The highest BCUT2D eigenvalue weighted by Crippen LogP contribution is 2.35. The molecule has 0 bridgehead atoms. The van der Waals surface area contributed by atoms with Gasteiger partial charge < -0.3 is 19.8 Å². The van der Waals surface area contributed by atoms with Gasteiger partial charge in [-0.3, -0.25) is 0 Å². The number of rotatable bonds is 5. The molecule has 0 radical (unpaired) electrons. The summed E-state index contributed by atoms with van der Waals surface area (Å²) >= 11 is 8.86. The van der Waals surface area contributed by atoms with Gasteiger partial charge in [0.15, 0.2) is 5.11 Å². The summed E-state index contributed by atoms with van der Waals surface area (Å²) in [5.41, 5.74) is 2.82. The Kier molecular flexibility index (Phi) is 6.01. The van der Waals surface area contributed by atoms with Crippen LogP contribution in [0.1, 0.15) is 24.3 Å². The van der Waals surface area contributed by atoms with Crippen molar-refractivity contribution in [2.75, 3.05) is 6.61 Å². The Labute approximate surface area is 188 Å². The van der Waals surface area contributed by atoms with Gasteiger partial charge in [-0.2, -0.15) is 0 Å². The molecule has 1 aromatic heterocycles. The van der Waals surface area contributed by atoms with Crippen molar-refractivity contribution in [1.82, 2.24) is 10.6 Å². The van der Waals surface area contributed by atoms with Crippen LogP contribution in [-0.4, -0.2) is 17.7 Å². The molecule has 0 saturated heterocycles. The third-order valence-corrected chi connectivity index (χ3v) is 5.42. The van der Waals surface area contributed by atoms with Crippen LogP contribution in [0, 0.1) is 0 Å². The SMILES string of the molecule is CCOC(=O)C1=C(c2ccccc2)NC(=S)NC1c1ccc(-c2ccc(Br)cc2)o1. The highest BCUT2D eigenvalue weighted by atomic mass is 79.9. The van der Waals surface area contributed by atoms with E-state index in [0.29, 0.717) is 27.9 Å². The molecule has 1 aliphatic rings. The van der Waals surface area contributed by atoms with E-state index in [1.165, 1.54) is 0 Å². The van der Waals surface area contributed by atoms with Crippen molar-refractivity contribution in [3.63, 3.8) is 0 Å². The number of nitrogens with one attached hydrogen (secondary N) is 2. The fraction of sp³-hybridized carbons (Fsp3) is 0.130. The molecular formula is C23H19BrN2O3S. The van der Waals surface area contributed by atoms with Crippen molar-refractivity contribution in [3.8, 4) is 11.3 Å². The van der Waals surface area contributed by atoms with Crippen molar-refractivity contribution in [1.29, 1.82) is 0 Å². The summed E-state index contributed by atoms with van der Waals surface area (Å²) in [6, 6.07) is 20.6. The second kappa shape index (κ2) is 8.85. The average molecular weight is 483 g/mol. The topological polar surface area (TPSA) is 63.5 Å². The van der Waals surface area contributed by atoms with Crippen molar-refractivity contribution in [2.45, 2.75) is 13.0 Å². The van der Waals surface area contributed by atoms with Crippen molar-refractivity contribution in [2.24, 2.45) is 0 Å². The molecular weight excluding hydrogens is 464 g/mol. The Bertz CT molecular complexity index is 1110. The Morgan fingerprint density at radius 3 is 2.50 bits per heavy atom. The first-order valence-electron chi connectivity index (χ1n) is 9.46. The zero-order valence-corrected chi connectivity index (χ0v) is 18.5. The standard InChI is InChI=1S/C23H19BrN2O3S/c1-2-28-22(27)19-20(15-6-4-3-5-7-15)25-23(30)26-21(19)18-13-12-17(29-18)14-8-10-16(24)11-9-14/h3-13,21H,2H2,1H3,(H2,25,26,30). The minimum atomic E-state index is -0.572. The van der Waals surface area contributed by atoms with Crippen LogP contribution in [0.2, 0.25) is 0 Å². The lowest BCUT2D eigenvalue weighted by molar-refractivity contribution is -0.138. The summed E-state index contributed by atoms with van der Waals surface area (Å²) in [6.07, 6.45) is 0. The molecule has 152 valence electrons. The van der Waals surface area contributed by atoms with Crippen LogP contribution >= 0.6 is 28.1 Å². The lowest BCUT2D eigenvalue weighted by Gasteiger charge is -2.29. The summed E-state index contributed by atoms with van der Waals surface area (Å²) in [4.78, 5) is 12.9. The van der Waals surface area contributed by atoms with Crippen LogP contribution in [0.15, 0.2) is 81.2 Å². The van der Waals surface area contributed by atoms with E-state index < -0.39 is 12.0 Å². The van der Waals surface area contributed by atoms with Crippen molar-refractivity contribution < 1.29 is 13.9 Å². The molecule has 0 saturated carbocycles. The van der Waals surface area contributed by atoms with Gasteiger partial charge in [0.2, 0.25) is 0 Å². The molecule has 0 amide bonds. The third kappa shape index (κ3) is 4.17. The molecule has 1 atom stereocenters. The maximum absolute atomic E-state index is 12.9. The van der Waals surface area contributed by atoms with Crippen molar-refractivity contribution >= 4 is 44.9 Å². The Morgan fingerprint density at radius 1 is 1.07 bits per heavy atom. The van der Waals surface area contributed by atoms with Gasteiger partial charge in [-0.1, -0.05) is 58.4 Å². The van der Waals surface area contributed by atoms with Gasteiger partial charge in [0.05, 0.1) is 17.9 Å². The van der Waals surface area contributed by atoms with Gasteiger partial charge in [-0.05, 0) is 49.0 Å². The predicted octanol–water partition coefficient (Wildman–Crippen LogP) is 5.20. The van der Waals surface area contributed by atoms with Crippen LogP contribution < -0.4 is 10.6 Å². The molecule has 1 aliphatic heterocycles. The smallest absolute Gasteiger partial charge is 0.338 e. The second-order valence-electron chi connectivity index (χ2n) is 6.62. The number of ether oxygens (including phenoxy) is 1. The van der Waals surface area contributed by atoms with Gasteiger partial charge >= 0.3 is 5.97 Å². The van der Waals surface area contributed by atoms with Crippen LogP contribution in [0.3, 0.4) is 0 Å². The molecule has 0 aliphatic carbocycles. The van der Waals surface area contributed by atoms with Crippen molar-refractivity contribution in [3.05, 3.63) is 88.1 Å². The summed E-state index contributed by atoms with van der Waals surface area (Å²) in [5.74, 6) is 0.854. The molecule has 0 spiro atoms. The fourth-order valence-electron chi connectivity index (χ4n) is 3.32. The lowest BCUT2D eigenvalue weighted by Crippen LogP contribution is -2.45. The molecule has 4 rings (SSSR count). The minimum absolute atomic E-state index is 0.268. The van der Waals surface area contributed by atoms with Gasteiger partial charge in [0, 0.05) is 10.0 Å². The largest absolute Gasteiger partial charge is 0.463 e. The van der Waals surface area contributed by atoms with E-state index in [9.17, 15) is 4.79 Å². The molecule has 30 heavy (non-hydrogen) atoms. The van der Waals surface area contributed by atoms with E-state index in [1.807, 2.05) is 66.7 Å². The number of hydrogen-bond donors (Lipinski definition) is 2. The zero-order valence-electron chi connectivity index (χ0n) is 16.1. The van der Waals surface area contributed by atoms with E-state index in [1.54, 1.807) is 6.92 Å². The lowest BCUT2D eigenvalue weighted by atomic mass is 9.96. The number of thiocarbonyl (C=S) groups is 1. The molecule has 5 nitrogen and oxygen atoms in total. The second-order valence-corrected chi connectivity index (χ2v) is 7.94. The van der Waals surface area contributed by atoms with E-state index in [2.05, 4.69) is 26.6 Å². The number of benzene rings is 2. The number of carbonyl (C=O) groups excluding carboxylic acids is 1. The molecule has 2 N–H and O–H groups in total. The highest BCUT2D eigenvalue weighted by Gasteiger charge is 2.35. The number of halogens is 1. The van der Waals surface area contributed by atoms with E-state index in [-0.39, 0.29) is 6.61 Å². The van der Waals surface area contributed by atoms with E-state index in [0.717, 1.165) is 15.6 Å². The van der Waals surface area contributed by atoms with Gasteiger partial charge in [0.25, 0.3) is 0 Å². The monoisotopic (exact) mass is 482 g/mol. The first-order chi connectivity index (χ1) is 14.6. The summed E-state index contributed by atoms with van der Waals surface area (Å²) in [7, 11) is 0. The Morgan fingerprint density at radius 2 is 1.80 bits per heavy atom. The average Bonchev–Trinajstić information content (AvgIpc) is 3.24. The summed E-state index contributed by atoms with van der Waals surface area (Å²) in [6.45, 7) is 2.05. The first kappa shape index (κ1) is 20.4. The molecule has 3 aromatic rings. The van der Waals surface area contributed by atoms with Crippen LogP contribution in [0.25, 0.3) is 17.0 Å². The molecule has 2 aromatic carbocycles. The van der Waals surface area contributed by atoms with E-state index >= 15 is 0 Å². The van der Waals surface area contributed by atoms with Gasteiger partial charge in [0.1, 0.15) is 17.6 Å². The molecule has 7 heteroatoms. The summed E-state index contributed by atoms with van der Waals surface area (Å²) < 4.78 is 12.5. The van der Waals surface area contributed by atoms with E-state index in [4.69, 9.17) is 21.4 Å². The maximum Gasteiger partial charge on any atom is 0.338 e. The number of carbonyl (C=O) groups is 1. The molecule has 1 unspecified atom stereocenters. The number of esters is 1. The molecule has 0 fully saturated rings. The van der Waals surface area contributed by atoms with Crippen LogP contribution in [0.5, 0.6) is 0 Å². The fourth-order valence-corrected chi connectivity index (χ4v) is 3.80. The van der Waals surface area contributed by atoms with Gasteiger partial charge in [-0.15, -0.1) is 0 Å². The zero-order chi connectivity index (χ0) is 21.1. The normalized spacial score (nSPS) is 16.1. The quantitative estimate of drug-likeness (QED) is 0.384. The van der Waals surface area contributed by atoms with Crippen LogP contribution in [-0.2, 0) is 9.53 Å². The van der Waals surface area contributed by atoms with Crippen LogP contribution in [0.4, 0.5) is 0 Å². The predicted molar refractivity (Wildman–Crippen MR) is 123 cm³/mol. The number of furan rings is 1. The number of hydrogen-bond acceptors (Lipinski definition) is 4. The Hall–Kier alpha value is -2.90. The third-order valence-electron chi connectivity index (χ3n) is 4.67.